The average molecular weight is 351 g/mol. The summed E-state index contributed by atoms with van der Waals surface area (Å²) in [4.78, 5) is 35.8. The van der Waals surface area contributed by atoms with Crippen LogP contribution in [0.3, 0.4) is 0 Å². The van der Waals surface area contributed by atoms with Crippen LogP contribution in [0.15, 0.2) is 24.3 Å². The Balaban J connectivity index is 3.38. The monoisotopic (exact) mass is 351 g/mol. The van der Waals surface area contributed by atoms with Crippen LogP contribution in [0.2, 0.25) is 0 Å². The summed E-state index contributed by atoms with van der Waals surface area (Å²) in [5.41, 5.74) is -3.22. The summed E-state index contributed by atoms with van der Waals surface area (Å²) in [7, 11) is 0. The zero-order chi connectivity index (χ0) is 19.6. The Kier molecular flexibility index (Phi) is 5.62. The molecule has 0 radical (unpaired) electrons. The van der Waals surface area contributed by atoms with E-state index < -0.39 is 33.5 Å². The third kappa shape index (κ3) is 5.27. The number of benzene rings is 1. The van der Waals surface area contributed by atoms with Gasteiger partial charge in [0.05, 0.1) is 4.92 Å². The third-order valence-corrected chi connectivity index (χ3v) is 3.27. The molecule has 0 bridgehead atoms. The van der Waals surface area contributed by atoms with Gasteiger partial charge < -0.3 is 9.47 Å². The maximum absolute atomic E-state index is 12.8. The zero-order valence-electron chi connectivity index (χ0n) is 15.7. The van der Waals surface area contributed by atoms with Gasteiger partial charge in [0.15, 0.2) is 5.41 Å². The molecule has 7 nitrogen and oxygen atoms in total. The number of esters is 2. The average Bonchev–Trinajstić information content (AvgIpc) is 2.42. The molecule has 0 fully saturated rings. The fourth-order valence-corrected chi connectivity index (χ4v) is 2.00. The number of hydrogen-bond acceptors (Lipinski definition) is 6. The van der Waals surface area contributed by atoms with Crippen LogP contribution in [-0.2, 0) is 24.5 Å². The van der Waals surface area contributed by atoms with Crippen molar-refractivity contribution in [1.82, 2.24) is 0 Å². The van der Waals surface area contributed by atoms with Gasteiger partial charge in [0.2, 0.25) is 0 Å². The van der Waals surface area contributed by atoms with Gasteiger partial charge in [-0.25, -0.2) is 0 Å². The summed E-state index contributed by atoms with van der Waals surface area (Å²) in [5.74, 6) is -1.55. The molecule has 1 rings (SSSR count). The van der Waals surface area contributed by atoms with Crippen molar-refractivity contribution in [2.45, 2.75) is 65.1 Å². The van der Waals surface area contributed by atoms with E-state index in [4.69, 9.17) is 9.47 Å². The fourth-order valence-electron chi connectivity index (χ4n) is 2.00. The number of carbonyl (C=O) groups is 2. The summed E-state index contributed by atoms with van der Waals surface area (Å²) >= 11 is 0. The number of rotatable bonds is 4. The normalized spacial score (nSPS) is 12.4. The van der Waals surface area contributed by atoms with Gasteiger partial charge in [0.1, 0.15) is 11.2 Å². The number of nitro benzene ring substituents is 1. The summed E-state index contributed by atoms with van der Waals surface area (Å²) in [6.07, 6.45) is 0. The number of ether oxygens (including phenoxy) is 2. The van der Waals surface area contributed by atoms with Gasteiger partial charge in [0.25, 0.3) is 5.69 Å². The Labute approximate surface area is 147 Å². The molecule has 0 aliphatic rings. The smallest absolute Gasteiger partial charge is 0.328 e. The summed E-state index contributed by atoms with van der Waals surface area (Å²) in [5, 5.41) is 10.8. The van der Waals surface area contributed by atoms with Crippen molar-refractivity contribution in [3.05, 3.63) is 39.9 Å². The van der Waals surface area contributed by atoms with Crippen LogP contribution in [0.1, 0.15) is 54.0 Å². The van der Waals surface area contributed by atoms with Crippen molar-refractivity contribution in [3.8, 4) is 0 Å². The Bertz CT molecular complexity index is 636. The predicted molar refractivity (Wildman–Crippen MR) is 92.1 cm³/mol. The first-order valence-corrected chi connectivity index (χ1v) is 7.88. The standard InChI is InChI=1S/C18H25NO6/c1-16(2,3)24-14(20)18(7,15(21)25-17(4,5)6)12-8-10-13(11-9-12)19(22)23/h8-11H,1-7H3. The second-order valence-electron chi connectivity index (χ2n) is 7.93. The lowest BCUT2D eigenvalue weighted by Crippen LogP contribution is -2.48. The van der Waals surface area contributed by atoms with E-state index in [-0.39, 0.29) is 11.3 Å². The molecule has 0 aromatic heterocycles. The molecule has 0 atom stereocenters. The van der Waals surface area contributed by atoms with Crippen molar-refractivity contribution < 1.29 is 24.0 Å². The van der Waals surface area contributed by atoms with Gasteiger partial charge in [-0.15, -0.1) is 0 Å². The van der Waals surface area contributed by atoms with E-state index in [0.29, 0.717) is 0 Å². The molecular formula is C18H25NO6. The maximum Gasteiger partial charge on any atom is 0.328 e. The van der Waals surface area contributed by atoms with Crippen molar-refractivity contribution in [2.24, 2.45) is 0 Å². The Morgan fingerprint density at radius 2 is 1.20 bits per heavy atom. The number of carbonyl (C=O) groups excluding carboxylic acids is 2. The Morgan fingerprint density at radius 1 is 0.840 bits per heavy atom. The zero-order valence-corrected chi connectivity index (χ0v) is 15.7. The molecule has 0 unspecified atom stereocenters. The molecule has 7 heteroatoms. The molecule has 1 aromatic carbocycles. The van der Waals surface area contributed by atoms with Crippen molar-refractivity contribution >= 4 is 17.6 Å². The summed E-state index contributed by atoms with van der Waals surface area (Å²) < 4.78 is 10.8. The molecule has 0 amide bonds. The second kappa shape index (κ2) is 6.82. The molecule has 0 saturated heterocycles. The topological polar surface area (TPSA) is 95.7 Å². The van der Waals surface area contributed by atoms with E-state index >= 15 is 0 Å². The molecule has 0 saturated carbocycles. The first kappa shape index (κ1) is 20.6. The Morgan fingerprint density at radius 3 is 1.48 bits per heavy atom. The molecule has 0 aliphatic carbocycles. The molecular weight excluding hydrogens is 326 g/mol. The van der Waals surface area contributed by atoms with Gasteiger partial charge in [-0.3, -0.25) is 19.7 Å². The van der Waals surface area contributed by atoms with Crippen LogP contribution < -0.4 is 0 Å². The van der Waals surface area contributed by atoms with Gasteiger partial charge in [0, 0.05) is 12.1 Å². The molecule has 0 aliphatic heterocycles. The minimum atomic E-state index is -1.74. The van der Waals surface area contributed by atoms with Crippen LogP contribution in [0.5, 0.6) is 0 Å². The van der Waals surface area contributed by atoms with Crippen LogP contribution in [-0.4, -0.2) is 28.1 Å². The second-order valence-corrected chi connectivity index (χ2v) is 7.93. The number of hydrogen-bond donors (Lipinski definition) is 0. The molecule has 138 valence electrons. The Hall–Kier alpha value is -2.44. The molecule has 0 heterocycles. The van der Waals surface area contributed by atoms with Crippen LogP contribution in [0.4, 0.5) is 5.69 Å². The van der Waals surface area contributed by atoms with Crippen molar-refractivity contribution in [2.75, 3.05) is 0 Å². The van der Waals surface area contributed by atoms with Crippen LogP contribution in [0.25, 0.3) is 0 Å². The highest BCUT2D eigenvalue weighted by Crippen LogP contribution is 2.32. The lowest BCUT2D eigenvalue weighted by Gasteiger charge is -2.32. The lowest BCUT2D eigenvalue weighted by molar-refractivity contribution is -0.384. The van der Waals surface area contributed by atoms with E-state index in [1.54, 1.807) is 41.5 Å². The van der Waals surface area contributed by atoms with Crippen LogP contribution >= 0.6 is 0 Å². The van der Waals surface area contributed by atoms with E-state index in [0.717, 1.165) is 0 Å². The highest BCUT2D eigenvalue weighted by atomic mass is 16.6. The third-order valence-electron chi connectivity index (χ3n) is 3.27. The largest absolute Gasteiger partial charge is 0.459 e. The molecule has 1 aromatic rings. The van der Waals surface area contributed by atoms with Crippen molar-refractivity contribution in [1.29, 1.82) is 0 Å². The van der Waals surface area contributed by atoms with E-state index in [1.807, 2.05) is 0 Å². The van der Waals surface area contributed by atoms with E-state index in [2.05, 4.69) is 0 Å². The number of nitro groups is 1. The SMILES string of the molecule is CC(C)(C)OC(=O)C(C)(C(=O)OC(C)(C)C)c1ccc([N+](=O)[O-])cc1. The van der Waals surface area contributed by atoms with Gasteiger partial charge >= 0.3 is 11.9 Å². The van der Waals surface area contributed by atoms with Gasteiger partial charge in [-0.05, 0) is 54.0 Å². The van der Waals surface area contributed by atoms with Crippen LogP contribution in [0, 0.1) is 10.1 Å². The fraction of sp³-hybridized carbons (Fsp3) is 0.556. The van der Waals surface area contributed by atoms with E-state index in [9.17, 15) is 19.7 Å². The first-order chi connectivity index (χ1) is 11.2. The lowest BCUT2D eigenvalue weighted by atomic mass is 9.82. The van der Waals surface area contributed by atoms with E-state index in [1.165, 1.54) is 31.2 Å². The highest BCUT2D eigenvalue weighted by Gasteiger charge is 2.48. The summed E-state index contributed by atoms with van der Waals surface area (Å²) in [6.45, 7) is 11.5. The predicted octanol–water partition coefficient (Wildman–Crippen LogP) is 3.54. The minimum Gasteiger partial charge on any atom is -0.459 e. The number of non-ortho nitro benzene ring substituents is 1. The van der Waals surface area contributed by atoms with Gasteiger partial charge in [-0.2, -0.15) is 0 Å². The van der Waals surface area contributed by atoms with Crippen molar-refractivity contribution in [3.63, 3.8) is 0 Å². The minimum absolute atomic E-state index is 0.139. The molecule has 0 N–H and O–H groups in total. The maximum atomic E-state index is 12.8. The molecule has 0 spiro atoms. The highest BCUT2D eigenvalue weighted by molar-refractivity contribution is 6.06. The number of nitrogens with zero attached hydrogens (tertiary/aromatic N) is 1. The van der Waals surface area contributed by atoms with Gasteiger partial charge in [-0.1, -0.05) is 12.1 Å². The molecule has 25 heavy (non-hydrogen) atoms. The first-order valence-electron chi connectivity index (χ1n) is 7.88. The summed E-state index contributed by atoms with van der Waals surface area (Å²) in [6, 6.07) is 5.21. The quantitative estimate of drug-likeness (QED) is 0.356.